The van der Waals surface area contributed by atoms with Crippen LogP contribution in [0.2, 0.25) is 0 Å². The Bertz CT molecular complexity index is 438. The minimum Gasteiger partial charge on any atom is -0.349 e. The Labute approximate surface area is 123 Å². The van der Waals surface area contributed by atoms with E-state index in [0.29, 0.717) is 0 Å². The van der Waals surface area contributed by atoms with E-state index in [2.05, 4.69) is 26.6 Å². The Kier molecular flexibility index (Phi) is 4.63. The molecule has 3 nitrogen and oxygen atoms in total. The zero-order valence-electron chi connectivity index (χ0n) is 11.5. The number of hydrogen-bond acceptors (Lipinski definition) is 2. The van der Waals surface area contributed by atoms with Crippen LogP contribution in [0.1, 0.15) is 38.3 Å². The van der Waals surface area contributed by atoms with Crippen molar-refractivity contribution in [3.63, 3.8) is 0 Å². The minimum absolute atomic E-state index is 0.0411. The lowest BCUT2D eigenvalue weighted by molar-refractivity contribution is -0.131. The molecule has 2 atom stereocenters. The van der Waals surface area contributed by atoms with Crippen LogP contribution < -0.4 is 10.6 Å². The van der Waals surface area contributed by atoms with E-state index < -0.39 is 0 Å². The summed E-state index contributed by atoms with van der Waals surface area (Å²) in [5.41, 5.74) is 0.853. The Balaban J connectivity index is 2.00. The van der Waals surface area contributed by atoms with Gasteiger partial charge in [-0.15, -0.1) is 0 Å². The number of rotatable bonds is 3. The maximum atomic E-state index is 12.4. The van der Waals surface area contributed by atoms with Gasteiger partial charge in [0, 0.05) is 11.0 Å². The van der Waals surface area contributed by atoms with Gasteiger partial charge in [-0.3, -0.25) is 4.79 Å². The third-order valence-electron chi connectivity index (χ3n) is 3.86. The fourth-order valence-electron chi connectivity index (χ4n) is 2.46. The third kappa shape index (κ3) is 3.57. The van der Waals surface area contributed by atoms with Crippen molar-refractivity contribution in [2.45, 2.75) is 32.7 Å². The lowest BCUT2D eigenvalue weighted by Gasteiger charge is -2.33. The second kappa shape index (κ2) is 6.06. The van der Waals surface area contributed by atoms with Gasteiger partial charge in [-0.05, 0) is 50.9 Å². The molecule has 0 aliphatic carbocycles. The van der Waals surface area contributed by atoms with Gasteiger partial charge >= 0.3 is 0 Å². The van der Waals surface area contributed by atoms with Crippen molar-refractivity contribution >= 4 is 21.8 Å². The van der Waals surface area contributed by atoms with Crippen molar-refractivity contribution in [3.05, 3.63) is 34.3 Å². The standard InChI is InChI=1S/C15H21BrN2O/c1-11(12-4-6-13(16)7-5-12)18-14(19)15(2)8-3-9-17-10-15/h4-7,11,17H,3,8-10H2,1-2H3,(H,18,19)/t11-,15?/m1/s1. The number of nitrogens with one attached hydrogen (secondary N) is 2. The van der Waals surface area contributed by atoms with Gasteiger partial charge in [0.1, 0.15) is 0 Å². The summed E-state index contributed by atoms with van der Waals surface area (Å²) in [5, 5.41) is 6.44. The Morgan fingerprint density at radius 2 is 2.11 bits per heavy atom. The SMILES string of the molecule is C[C@@H](NC(=O)C1(C)CCCNC1)c1ccc(Br)cc1. The number of amides is 1. The molecule has 19 heavy (non-hydrogen) atoms. The predicted octanol–water partition coefficient (Wildman–Crippen LogP) is 3.02. The summed E-state index contributed by atoms with van der Waals surface area (Å²) in [6, 6.07) is 8.12. The fraction of sp³-hybridized carbons (Fsp3) is 0.533. The van der Waals surface area contributed by atoms with Crippen LogP contribution in [0, 0.1) is 5.41 Å². The van der Waals surface area contributed by atoms with E-state index in [0.717, 1.165) is 36.0 Å². The number of halogens is 1. The molecule has 0 radical (unpaired) electrons. The largest absolute Gasteiger partial charge is 0.349 e. The molecule has 1 unspecified atom stereocenters. The predicted molar refractivity (Wildman–Crippen MR) is 80.9 cm³/mol. The maximum Gasteiger partial charge on any atom is 0.227 e. The molecule has 0 bridgehead atoms. The van der Waals surface area contributed by atoms with Crippen molar-refractivity contribution < 1.29 is 4.79 Å². The topological polar surface area (TPSA) is 41.1 Å². The van der Waals surface area contributed by atoms with Gasteiger partial charge in [0.05, 0.1) is 11.5 Å². The van der Waals surface area contributed by atoms with Crippen molar-refractivity contribution in [1.82, 2.24) is 10.6 Å². The van der Waals surface area contributed by atoms with Crippen molar-refractivity contribution in [2.75, 3.05) is 13.1 Å². The summed E-state index contributed by atoms with van der Waals surface area (Å²) >= 11 is 3.42. The van der Waals surface area contributed by atoms with E-state index in [1.807, 2.05) is 38.1 Å². The van der Waals surface area contributed by atoms with Gasteiger partial charge in [-0.25, -0.2) is 0 Å². The van der Waals surface area contributed by atoms with E-state index in [4.69, 9.17) is 0 Å². The van der Waals surface area contributed by atoms with Crippen LogP contribution in [0.5, 0.6) is 0 Å². The van der Waals surface area contributed by atoms with E-state index >= 15 is 0 Å². The Morgan fingerprint density at radius 3 is 2.68 bits per heavy atom. The van der Waals surface area contributed by atoms with Crippen molar-refractivity contribution in [3.8, 4) is 0 Å². The summed E-state index contributed by atoms with van der Waals surface area (Å²) in [6.45, 7) is 5.86. The summed E-state index contributed by atoms with van der Waals surface area (Å²) in [7, 11) is 0. The Morgan fingerprint density at radius 1 is 1.42 bits per heavy atom. The zero-order chi connectivity index (χ0) is 13.9. The van der Waals surface area contributed by atoms with Crippen LogP contribution in [-0.4, -0.2) is 19.0 Å². The van der Waals surface area contributed by atoms with Gasteiger partial charge in [0.25, 0.3) is 0 Å². The average molecular weight is 325 g/mol. The molecule has 1 aromatic rings. The highest BCUT2D eigenvalue weighted by Crippen LogP contribution is 2.27. The summed E-state index contributed by atoms with van der Waals surface area (Å²) in [4.78, 5) is 12.4. The van der Waals surface area contributed by atoms with E-state index in [1.165, 1.54) is 0 Å². The van der Waals surface area contributed by atoms with Crippen molar-refractivity contribution in [1.29, 1.82) is 0 Å². The van der Waals surface area contributed by atoms with Crippen LogP contribution in [0.15, 0.2) is 28.7 Å². The molecular formula is C15H21BrN2O. The van der Waals surface area contributed by atoms with E-state index in [9.17, 15) is 4.79 Å². The molecule has 1 aliphatic rings. The van der Waals surface area contributed by atoms with Crippen LogP contribution in [0.3, 0.4) is 0 Å². The highest BCUT2D eigenvalue weighted by molar-refractivity contribution is 9.10. The molecule has 4 heteroatoms. The van der Waals surface area contributed by atoms with Gasteiger partial charge in [-0.1, -0.05) is 28.1 Å². The number of hydrogen-bond donors (Lipinski definition) is 2. The maximum absolute atomic E-state index is 12.4. The number of piperidine rings is 1. The van der Waals surface area contributed by atoms with Crippen LogP contribution in [-0.2, 0) is 4.79 Å². The Hall–Kier alpha value is -0.870. The van der Waals surface area contributed by atoms with E-state index in [1.54, 1.807) is 0 Å². The highest BCUT2D eigenvalue weighted by atomic mass is 79.9. The number of carbonyl (C=O) groups is 1. The number of benzene rings is 1. The van der Waals surface area contributed by atoms with Crippen LogP contribution in [0.4, 0.5) is 0 Å². The first-order chi connectivity index (χ1) is 9.01. The molecule has 0 aromatic heterocycles. The molecule has 2 rings (SSSR count). The lowest BCUT2D eigenvalue weighted by Crippen LogP contribution is -2.49. The fourth-order valence-corrected chi connectivity index (χ4v) is 2.72. The first kappa shape index (κ1) is 14.5. The van der Waals surface area contributed by atoms with Gasteiger partial charge in [0.2, 0.25) is 5.91 Å². The minimum atomic E-state index is -0.276. The molecular weight excluding hydrogens is 304 g/mol. The quantitative estimate of drug-likeness (QED) is 0.897. The first-order valence-electron chi connectivity index (χ1n) is 6.78. The molecule has 1 aliphatic heterocycles. The molecule has 1 saturated heterocycles. The molecule has 1 heterocycles. The second-order valence-corrected chi connectivity index (χ2v) is 6.50. The molecule has 2 N–H and O–H groups in total. The normalized spacial score (nSPS) is 24.8. The highest BCUT2D eigenvalue weighted by Gasteiger charge is 2.35. The molecule has 0 spiro atoms. The van der Waals surface area contributed by atoms with Crippen LogP contribution in [0.25, 0.3) is 0 Å². The van der Waals surface area contributed by atoms with Crippen LogP contribution >= 0.6 is 15.9 Å². The molecule has 1 fully saturated rings. The smallest absolute Gasteiger partial charge is 0.227 e. The summed E-state index contributed by atoms with van der Waals surface area (Å²) < 4.78 is 1.05. The molecule has 104 valence electrons. The van der Waals surface area contributed by atoms with Gasteiger partial charge < -0.3 is 10.6 Å². The van der Waals surface area contributed by atoms with E-state index in [-0.39, 0.29) is 17.4 Å². The summed E-state index contributed by atoms with van der Waals surface area (Å²) in [5.74, 6) is 0.148. The zero-order valence-corrected chi connectivity index (χ0v) is 13.1. The molecule has 1 amide bonds. The average Bonchev–Trinajstić information content (AvgIpc) is 2.40. The van der Waals surface area contributed by atoms with Gasteiger partial charge in [0.15, 0.2) is 0 Å². The first-order valence-corrected chi connectivity index (χ1v) is 7.58. The lowest BCUT2D eigenvalue weighted by atomic mass is 9.81. The van der Waals surface area contributed by atoms with Gasteiger partial charge in [-0.2, -0.15) is 0 Å². The monoisotopic (exact) mass is 324 g/mol. The molecule has 0 saturated carbocycles. The number of carbonyl (C=O) groups excluding carboxylic acids is 1. The van der Waals surface area contributed by atoms with Crippen molar-refractivity contribution in [2.24, 2.45) is 5.41 Å². The second-order valence-electron chi connectivity index (χ2n) is 5.59. The third-order valence-corrected chi connectivity index (χ3v) is 4.39. The summed E-state index contributed by atoms with van der Waals surface area (Å²) in [6.07, 6.45) is 2.02. The molecule has 1 aromatic carbocycles.